The van der Waals surface area contributed by atoms with E-state index in [1.165, 1.54) is 12.5 Å². The molecule has 18 heavy (non-hydrogen) atoms. The third-order valence-electron chi connectivity index (χ3n) is 2.43. The fourth-order valence-electron chi connectivity index (χ4n) is 1.60. The van der Waals surface area contributed by atoms with Gasteiger partial charge in [0.2, 0.25) is 0 Å². The van der Waals surface area contributed by atoms with Gasteiger partial charge in [0.15, 0.2) is 5.82 Å². The van der Waals surface area contributed by atoms with Gasteiger partial charge in [0.05, 0.1) is 6.20 Å². The first-order chi connectivity index (χ1) is 8.75. The highest BCUT2D eigenvalue weighted by Crippen LogP contribution is 2.29. The molecule has 3 heterocycles. The first-order valence-electron chi connectivity index (χ1n) is 5.18. The summed E-state index contributed by atoms with van der Waals surface area (Å²) >= 11 is 3.41. The third kappa shape index (κ3) is 1.82. The van der Waals surface area contributed by atoms with Crippen molar-refractivity contribution in [3.63, 3.8) is 0 Å². The zero-order valence-corrected chi connectivity index (χ0v) is 10.7. The molecular formula is C11H9BrN4O2. The number of anilines is 1. The number of aromatic nitrogens is 3. The predicted molar refractivity (Wildman–Crippen MR) is 67.5 cm³/mol. The topological polar surface area (TPSA) is 75.2 Å². The van der Waals surface area contributed by atoms with E-state index < -0.39 is 6.29 Å². The molecule has 0 amide bonds. The number of ether oxygens (including phenoxy) is 2. The van der Waals surface area contributed by atoms with Crippen molar-refractivity contribution in [2.24, 2.45) is 0 Å². The molecule has 0 aliphatic carbocycles. The van der Waals surface area contributed by atoms with E-state index in [0.29, 0.717) is 17.3 Å². The second-order valence-electron chi connectivity index (χ2n) is 3.58. The van der Waals surface area contributed by atoms with Crippen molar-refractivity contribution in [3.05, 3.63) is 47.1 Å². The minimum absolute atomic E-state index is 0.516. The summed E-state index contributed by atoms with van der Waals surface area (Å²) in [5, 5.41) is 4.10. The molecule has 1 aliphatic heterocycles. The zero-order chi connectivity index (χ0) is 12.5. The third-order valence-corrected chi connectivity index (χ3v) is 3.10. The number of hydrogen-bond acceptors (Lipinski definition) is 5. The van der Waals surface area contributed by atoms with Gasteiger partial charge in [-0.2, -0.15) is 9.78 Å². The van der Waals surface area contributed by atoms with E-state index in [-0.39, 0.29) is 0 Å². The Kier molecular flexibility index (Phi) is 2.67. The summed E-state index contributed by atoms with van der Waals surface area (Å²) in [5.74, 6) is 1.12. The molecule has 0 saturated heterocycles. The number of nitrogen functional groups attached to an aromatic ring is 1. The van der Waals surface area contributed by atoms with Crippen molar-refractivity contribution in [2.75, 3.05) is 5.73 Å². The maximum atomic E-state index is 5.79. The van der Waals surface area contributed by atoms with Crippen molar-refractivity contribution >= 4 is 21.7 Å². The monoisotopic (exact) mass is 308 g/mol. The Bertz CT molecular complexity index is 603. The maximum Gasteiger partial charge on any atom is 0.284 e. The molecule has 0 atom stereocenters. The van der Waals surface area contributed by atoms with Crippen LogP contribution < -0.4 is 5.73 Å². The van der Waals surface area contributed by atoms with E-state index in [4.69, 9.17) is 15.2 Å². The number of nitrogens with two attached hydrogens (primary N) is 1. The Morgan fingerprint density at radius 2 is 2.00 bits per heavy atom. The second-order valence-corrected chi connectivity index (χ2v) is 4.43. The highest BCUT2D eigenvalue weighted by Gasteiger charge is 2.21. The minimum atomic E-state index is -0.545. The van der Waals surface area contributed by atoms with Crippen molar-refractivity contribution in [3.8, 4) is 5.82 Å². The van der Waals surface area contributed by atoms with Gasteiger partial charge in [0.25, 0.3) is 6.29 Å². The molecule has 0 saturated carbocycles. The Morgan fingerprint density at radius 1 is 1.22 bits per heavy atom. The fourth-order valence-corrected chi connectivity index (χ4v) is 2.01. The molecule has 6 nitrogen and oxygen atoms in total. The largest absolute Gasteiger partial charge is 0.454 e. The Balaban J connectivity index is 2.03. The molecule has 2 aromatic heterocycles. The van der Waals surface area contributed by atoms with Crippen LogP contribution in [-0.4, -0.2) is 14.8 Å². The predicted octanol–water partition coefficient (Wildman–Crippen LogP) is 2.13. The van der Waals surface area contributed by atoms with Crippen LogP contribution in [0.3, 0.4) is 0 Å². The SMILES string of the molecule is Nc1ccnn1-c1ccc(Br)c(C2OC=CO2)n1. The Morgan fingerprint density at radius 3 is 2.67 bits per heavy atom. The number of pyridine rings is 1. The summed E-state index contributed by atoms with van der Waals surface area (Å²) in [5.41, 5.74) is 6.42. The molecule has 0 unspecified atom stereocenters. The molecule has 1 aliphatic rings. The summed E-state index contributed by atoms with van der Waals surface area (Å²) in [6, 6.07) is 5.36. The average molecular weight is 309 g/mol. The van der Waals surface area contributed by atoms with E-state index in [2.05, 4.69) is 26.0 Å². The van der Waals surface area contributed by atoms with E-state index >= 15 is 0 Å². The van der Waals surface area contributed by atoms with Crippen LogP contribution in [0.15, 0.2) is 41.4 Å². The first-order valence-corrected chi connectivity index (χ1v) is 5.97. The van der Waals surface area contributed by atoms with Gasteiger partial charge in [0.1, 0.15) is 24.0 Å². The van der Waals surface area contributed by atoms with Crippen molar-refractivity contribution in [2.45, 2.75) is 6.29 Å². The van der Waals surface area contributed by atoms with Gasteiger partial charge in [-0.05, 0) is 28.1 Å². The molecule has 0 spiro atoms. The molecule has 2 N–H and O–H groups in total. The summed E-state index contributed by atoms with van der Waals surface area (Å²) < 4.78 is 12.9. The van der Waals surface area contributed by atoms with Crippen LogP contribution in [-0.2, 0) is 9.47 Å². The summed E-state index contributed by atoms with van der Waals surface area (Å²) in [4.78, 5) is 4.44. The van der Waals surface area contributed by atoms with Crippen molar-refractivity contribution in [1.82, 2.24) is 14.8 Å². The lowest BCUT2D eigenvalue weighted by molar-refractivity contribution is -0.0285. The average Bonchev–Trinajstić information content (AvgIpc) is 3.01. The van der Waals surface area contributed by atoms with Gasteiger partial charge in [-0.15, -0.1) is 0 Å². The van der Waals surface area contributed by atoms with Gasteiger partial charge in [-0.25, -0.2) is 4.98 Å². The smallest absolute Gasteiger partial charge is 0.284 e. The van der Waals surface area contributed by atoms with Gasteiger partial charge < -0.3 is 15.2 Å². The molecule has 92 valence electrons. The highest BCUT2D eigenvalue weighted by molar-refractivity contribution is 9.10. The van der Waals surface area contributed by atoms with Gasteiger partial charge >= 0.3 is 0 Å². The van der Waals surface area contributed by atoms with E-state index in [9.17, 15) is 0 Å². The van der Waals surface area contributed by atoms with Crippen LogP contribution in [0.1, 0.15) is 12.0 Å². The zero-order valence-electron chi connectivity index (χ0n) is 9.15. The Labute approximate surface area is 111 Å². The summed E-state index contributed by atoms with van der Waals surface area (Å²) in [7, 11) is 0. The molecular weight excluding hydrogens is 300 g/mol. The van der Waals surface area contributed by atoms with Crippen molar-refractivity contribution in [1.29, 1.82) is 0 Å². The van der Waals surface area contributed by atoms with Gasteiger partial charge in [-0.1, -0.05) is 0 Å². The molecule has 0 aromatic carbocycles. The summed E-state index contributed by atoms with van der Waals surface area (Å²) in [6.07, 6.45) is 4.03. The number of rotatable bonds is 2. The fraction of sp³-hybridized carbons (Fsp3) is 0.0909. The van der Waals surface area contributed by atoms with Crippen LogP contribution in [0.5, 0.6) is 0 Å². The van der Waals surface area contributed by atoms with Crippen LogP contribution >= 0.6 is 15.9 Å². The van der Waals surface area contributed by atoms with E-state index in [1.807, 2.05) is 6.07 Å². The van der Waals surface area contributed by atoms with Crippen LogP contribution in [0.2, 0.25) is 0 Å². The molecule has 7 heteroatoms. The highest BCUT2D eigenvalue weighted by atomic mass is 79.9. The lowest BCUT2D eigenvalue weighted by atomic mass is 10.3. The quantitative estimate of drug-likeness (QED) is 0.920. The Hall–Kier alpha value is -2.02. The van der Waals surface area contributed by atoms with Gasteiger partial charge in [0, 0.05) is 10.5 Å². The standard InChI is InChI=1S/C11H9BrN4O2/c12-7-1-2-9(16-8(13)3-4-14-16)15-10(7)11-17-5-6-18-11/h1-6,11H,13H2. The van der Waals surface area contributed by atoms with E-state index in [0.717, 1.165) is 4.47 Å². The number of nitrogens with zero attached hydrogens (tertiary/aromatic N) is 3. The van der Waals surface area contributed by atoms with E-state index in [1.54, 1.807) is 23.0 Å². The van der Waals surface area contributed by atoms with Crippen LogP contribution in [0.25, 0.3) is 5.82 Å². The normalized spacial score (nSPS) is 14.5. The van der Waals surface area contributed by atoms with Gasteiger partial charge in [-0.3, -0.25) is 0 Å². The molecule has 0 radical (unpaired) electrons. The number of hydrogen-bond donors (Lipinski definition) is 1. The first kappa shape index (κ1) is 11.1. The number of halogens is 1. The molecule has 2 aromatic rings. The molecule has 0 fully saturated rings. The maximum absolute atomic E-state index is 5.79. The van der Waals surface area contributed by atoms with Crippen molar-refractivity contribution < 1.29 is 9.47 Å². The molecule has 3 rings (SSSR count). The lowest BCUT2D eigenvalue weighted by Crippen LogP contribution is -2.08. The second kappa shape index (κ2) is 4.34. The lowest BCUT2D eigenvalue weighted by Gasteiger charge is -2.13. The molecule has 0 bridgehead atoms. The van der Waals surface area contributed by atoms with Crippen LogP contribution in [0.4, 0.5) is 5.82 Å². The van der Waals surface area contributed by atoms with Crippen LogP contribution in [0, 0.1) is 0 Å². The minimum Gasteiger partial charge on any atom is -0.454 e. The summed E-state index contributed by atoms with van der Waals surface area (Å²) in [6.45, 7) is 0.